The number of ketones is 4. The lowest BCUT2D eigenvalue weighted by Gasteiger charge is -2.52. The van der Waals surface area contributed by atoms with Crippen LogP contribution in [-0.4, -0.2) is 69.9 Å². The summed E-state index contributed by atoms with van der Waals surface area (Å²) in [6.45, 7) is 4.28. The minimum absolute atomic E-state index is 0.0610. The molecule has 0 bridgehead atoms. The molecule has 0 heterocycles. The zero-order chi connectivity index (χ0) is 27.4. The van der Waals surface area contributed by atoms with E-state index in [9.17, 15) is 34.2 Å². The summed E-state index contributed by atoms with van der Waals surface area (Å²) >= 11 is 0. The van der Waals surface area contributed by atoms with E-state index >= 15 is 0 Å². The molecule has 4 N–H and O–H groups in total. The fraction of sp³-hybridized carbons (Fsp3) is 0.607. The summed E-state index contributed by atoms with van der Waals surface area (Å²) in [4.78, 5) is 67.6. The van der Waals surface area contributed by atoms with Gasteiger partial charge in [0.05, 0.1) is 17.5 Å². The molecule has 2 saturated carbocycles. The fourth-order valence-electron chi connectivity index (χ4n) is 6.96. The van der Waals surface area contributed by atoms with E-state index in [1.807, 2.05) is 6.07 Å². The summed E-state index contributed by atoms with van der Waals surface area (Å²) in [5, 5.41) is 22.2. The number of aromatic hydroxyl groups is 1. The summed E-state index contributed by atoms with van der Waals surface area (Å²) in [5.41, 5.74) is 4.35. The van der Waals surface area contributed by atoms with Gasteiger partial charge in [0.2, 0.25) is 5.91 Å². The number of Topliss-reactive ketones (excluding diaryl/α,β-unsaturated/α-hetero) is 4. The lowest BCUT2D eigenvalue weighted by Crippen LogP contribution is -2.74. The summed E-state index contributed by atoms with van der Waals surface area (Å²) < 4.78 is 0. The van der Waals surface area contributed by atoms with Gasteiger partial charge in [-0.3, -0.25) is 28.9 Å². The van der Waals surface area contributed by atoms with Crippen molar-refractivity contribution < 1.29 is 34.2 Å². The Balaban J connectivity index is 1.79. The van der Waals surface area contributed by atoms with Gasteiger partial charge in [-0.1, -0.05) is 32.8 Å². The van der Waals surface area contributed by atoms with E-state index < -0.39 is 64.4 Å². The van der Waals surface area contributed by atoms with Gasteiger partial charge in [0.15, 0.2) is 34.7 Å². The lowest BCUT2D eigenvalue weighted by molar-refractivity contribution is -0.181. The van der Waals surface area contributed by atoms with Crippen molar-refractivity contribution in [3.8, 4) is 5.75 Å². The first-order valence-corrected chi connectivity index (χ1v) is 13.1. The number of phenols is 1. The first kappa shape index (κ1) is 27.1. The molecule has 0 saturated heterocycles. The van der Waals surface area contributed by atoms with E-state index in [1.54, 1.807) is 14.1 Å². The zero-order valence-electron chi connectivity index (χ0n) is 21.8. The van der Waals surface area contributed by atoms with Crippen molar-refractivity contribution in [1.82, 2.24) is 4.90 Å². The van der Waals surface area contributed by atoms with Gasteiger partial charge in [0, 0.05) is 5.92 Å². The minimum atomic E-state index is -2.69. The molecule has 4 unspecified atom stereocenters. The molecular weight excluding hydrogens is 476 g/mol. The number of hydrogen-bond acceptors (Lipinski definition) is 8. The van der Waals surface area contributed by atoms with Gasteiger partial charge in [0.25, 0.3) is 0 Å². The first-order chi connectivity index (χ1) is 17.4. The third-order valence-corrected chi connectivity index (χ3v) is 9.02. The third-order valence-electron chi connectivity index (χ3n) is 9.02. The second-order valence-corrected chi connectivity index (χ2v) is 11.1. The van der Waals surface area contributed by atoms with Gasteiger partial charge in [-0.25, -0.2) is 0 Å². The third kappa shape index (κ3) is 4.03. The number of carbonyl (C=O) groups is 5. The number of primary amides is 1. The van der Waals surface area contributed by atoms with Gasteiger partial charge in [0.1, 0.15) is 5.75 Å². The van der Waals surface area contributed by atoms with Crippen molar-refractivity contribution in [1.29, 1.82) is 0 Å². The first-order valence-electron chi connectivity index (χ1n) is 13.1. The molecule has 0 radical (unpaired) electrons. The molecule has 2 fully saturated rings. The highest BCUT2D eigenvalue weighted by Crippen LogP contribution is 2.51. The highest BCUT2D eigenvalue weighted by Gasteiger charge is 2.69. The quantitative estimate of drug-likeness (QED) is 0.461. The second kappa shape index (κ2) is 9.76. The van der Waals surface area contributed by atoms with E-state index in [4.69, 9.17) is 5.73 Å². The molecule has 9 nitrogen and oxygen atoms in total. The number of aliphatic hydroxyl groups is 1. The van der Waals surface area contributed by atoms with E-state index in [0.717, 1.165) is 31.2 Å². The Bertz CT molecular complexity index is 1170. The van der Waals surface area contributed by atoms with Crippen LogP contribution in [0.3, 0.4) is 0 Å². The van der Waals surface area contributed by atoms with E-state index in [2.05, 4.69) is 13.8 Å². The van der Waals surface area contributed by atoms with E-state index in [-0.39, 0.29) is 17.7 Å². The Morgan fingerprint density at radius 2 is 1.78 bits per heavy atom. The van der Waals surface area contributed by atoms with Crippen molar-refractivity contribution >= 4 is 29.0 Å². The van der Waals surface area contributed by atoms with Gasteiger partial charge in [-0.2, -0.15) is 0 Å². The van der Waals surface area contributed by atoms with Crippen LogP contribution in [0.5, 0.6) is 5.75 Å². The monoisotopic (exact) mass is 512 g/mol. The summed E-state index contributed by atoms with van der Waals surface area (Å²) in [6.07, 6.45) is 4.08. The molecule has 200 valence electrons. The van der Waals surface area contributed by atoms with Crippen LogP contribution in [0.25, 0.3) is 0 Å². The number of amides is 1. The van der Waals surface area contributed by atoms with Crippen molar-refractivity contribution in [3.63, 3.8) is 0 Å². The van der Waals surface area contributed by atoms with Crippen LogP contribution in [0.1, 0.15) is 61.0 Å². The Hall–Kier alpha value is -2.91. The van der Waals surface area contributed by atoms with Crippen LogP contribution in [0, 0.1) is 29.6 Å². The van der Waals surface area contributed by atoms with Crippen LogP contribution < -0.4 is 5.73 Å². The van der Waals surface area contributed by atoms with Crippen molar-refractivity contribution in [2.75, 3.05) is 14.1 Å². The predicted molar refractivity (Wildman–Crippen MR) is 134 cm³/mol. The summed E-state index contributed by atoms with van der Waals surface area (Å²) in [6, 6.07) is 2.18. The second-order valence-electron chi connectivity index (χ2n) is 11.1. The maximum atomic E-state index is 13.8. The highest BCUT2D eigenvalue weighted by molar-refractivity contribution is 6.32. The molecule has 9 heteroatoms. The maximum Gasteiger partial charge on any atom is 0.235 e. The normalized spacial score (nSPS) is 31.4. The maximum absolute atomic E-state index is 13.8. The number of rotatable bonds is 7. The Morgan fingerprint density at radius 3 is 2.35 bits per heavy atom. The van der Waals surface area contributed by atoms with Crippen molar-refractivity contribution in [2.45, 2.75) is 64.0 Å². The van der Waals surface area contributed by atoms with E-state index in [0.29, 0.717) is 17.9 Å². The number of carbonyl (C=O) groups excluding carboxylic acids is 5. The largest absolute Gasteiger partial charge is 0.507 e. The molecule has 37 heavy (non-hydrogen) atoms. The van der Waals surface area contributed by atoms with E-state index in [1.165, 1.54) is 11.0 Å². The average molecular weight is 513 g/mol. The number of phenolic OH excluding ortho intramolecular Hbond substituents is 1. The lowest BCUT2D eigenvalue weighted by atomic mass is 9.52. The molecule has 6 atom stereocenters. The van der Waals surface area contributed by atoms with Crippen LogP contribution >= 0.6 is 0 Å². The van der Waals surface area contributed by atoms with Gasteiger partial charge >= 0.3 is 0 Å². The van der Waals surface area contributed by atoms with Crippen molar-refractivity contribution in [2.24, 2.45) is 35.3 Å². The van der Waals surface area contributed by atoms with Gasteiger partial charge in [-0.05, 0) is 68.8 Å². The molecule has 1 amide bonds. The molecular formula is C28H36N2O7. The molecule has 0 aliphatic heterocycles. The number of nitrogens with zero attached hydrogens (tertiary/aromatic N) is 1. The highest BCUT2D eigenvalue weighted by atomic mass is 16.3. The fourth-order valence-corrected chi connectivity index (χ4v) is 6.96. The van der Waals surface area contributed by atoms with Crippen molar-refractivity contribution in [3.05, 3.63) is 28.8 Å². The minimum Gasteiger partial charge on any atom is -0.507 e. The van der Waals surface area contributed by atoms with Gasteiger partial charge < -0.3 is 15.9 Å². The molecule has 0 spiro atoms. The Kier molecular flexibility index (Phi) is 7.16. The van der Waals surface area contributed by atoms with Crippen LogP contribution in [0.4, 0.5) is 0 Å². The average Bonchev–Trinajstić information content (AvgIpc) is 2.82. The van der Waals surface area contributed by atoms with Gasteiger partial charge in [-0.15, -0.1) is 0 Å². The number of likely N-dealkylation sites (N-methyl/N-ethyl adjacent to an activating group) is 1. The predicted octanol–water partition coefficient (Wildman–Crippen LogP) is 1.24. The number of aryl methyl sites for hydroxylation is 1. The Labute approximate surface area is 216 Å². The van der Waals surface area contributed by atoms with Crippen LogP contribution in [0.2, 0.25) is 0 Å². The molecule has 4 rings (SSSR count). The number of fused-ring (bicyclic) bond motifs is 3. The van der Waals surface area contributed by atoms with Crippen LogP contribution in [0.15, 0.2) is 12.1 Å². The number of hydrogen-bond donors (Lipinski definition) is 3. The summed E-state index contributed by atoms with van der Waals surface area (Å²) in [5.74, 6) is -9.58. The Morgan fingerprint density at radius 1 is 1.14 bits per heavy atom. The number of benzene rings is 1. The van der Waals surface area contributed by atoms with Crippen LogP contribution in [-0.2, 0) is 32.0 Å². The SMILES string of the molecule is CCC(CC)CCc1ccc(O)c2c1CC1CC3[C@H](N(C)C)C(=O)C(C(N)=O)C(=O)[C@@]3(O)C(=O)C1C2=O. The molecule has 3 aliphatic rings. The molecule has 1 aromatic rings. The standard InChI is InChI=1S/C28H36N2O7/c1-5-13(6-2)7-8-14-9-10-18(31)20-16(14)11-15-12-17-22(30(3)4)24(33)21(27(29)36)26(35)28(17,37)25(34)19(15)23(20)32/h9-10,13,15,17,19,21-22,31,37H,5-8,11-12H2,1-4H3,(H2,29,36)/t15?,17?,19?,21?,22-,28-/m0/s1. The topological polar surface area (TPSA) is 155 Å². The zero-order valence-corrected chi connectivity index (χ0v) is 21.8. The molecule has 1 aromatic carbocycles. The smallest absolute Gasteiger partial charge is 0.235 e. The summed E-state index contributed by atoms with van der Waals surface area (Å²) in [7, 11) is 3.14. The molecule has 0 aromatic heterocycles. The number of nitrogens with two attached hydrogens (primary N) is 1. The molecule has 3 aliphatic carbocycles.